The van der Waals surface area contributed by atoms with Crippen molar-refractivity contribution in [3.63, 3.8) is 0 Å². The molecule has 0 aromatic heterocycles. The van der Waals surface area contributed by atoms with Crippen molar-refractivity contribution in [1.29, 1.82) is 0 Å². The summed E-state index contributed by atoms with van der Waals surface area (Å²) in [6, 6.07) is 14.0. The normalized spacial score (nSPS) is 13.9. The zero-order valence-corrected chi connectivity index (χ0v) is 17.8. The van der Waals surface area contributed by atoms with Crippen LogP contribution in [0.1, 0.15) is 23.7 Å². The van der Waals surface area contributed by atoms with E-state index in [1.165, 1.54) is 6.92 Å². The summed E-state index contributed by atoms with van der Waals surface area (Å²) < 4.78 is 10.9. The highest BCUT2D eigenvalue weighted by Crippen LogP contribution is 2.25. The van der Waals surface area contributed by atoms with E-state index in [-0.39, 0.29) is 24.3 Å². The first-order chi connectivity index (χ1) is 15.0. The second-order valence-corrected chi connectivity index (χ2v) is 7.23. The number of para-hydroxylation sites is 2. The van der Waals surface area contributed by atoms with E-state index in [0.717, 1.165) is 0 Å². The predicted octanol–water partition coefficient (Wildman–Crippen LogP) is 2.41. The number of carbonyl (C=O) groups is 3. The minimum absolute atomic E-state index is 0.0902. The standard InChI is InChI=1S/C23H27N3O5/c1-17(27)24-19-8-5-7-18(15-19)23(29)26-12-6-11-25(13-14-26)22(28)16-31-21-10-4-3-9-20(21)30-2/h3-5,7-10,15H,6,11-14,16H2,1-2H3,(H,24,27). The zero-order valence-electron chi connectivity index (χ0n) is 17.8. The summed E-state index contributed by atoms with van der Waals surface area (Å²) in [5.41, 5.74) is 1.09. The lowest BCUT2D eigenvalue weighted by Gasteiger charge is -2.22. The Bertz CT molecular complexity index is 946. The van der Waals surface area contributed by atoms with Crippen molar-refractivity contribution in [2.75, 3.05) is 45.2 Å². The number of amides is 3. The van der Waals surface area contributed by atoms with Gasteiger partial charge in [0.25, 0.3) is 11.8 Å². The van der Waals surface area contributed by atoms with Crippen molar-refractivity contribution in [1.82, 2.24) is 9.80 Å². The van der Waals surface area contributed by atoms with Crippen LogP contribution < -0.4 is 14.8 Å². The van der Waals surface area contributed by atoms with Crippen molar-refractivity contribution >= 4 is 23.4 Å². The third-order valence-electron chi connectivity index (χ3n) is 4.99. The molecule has 0 atom stereocenters. The Morgan fingerprint density at radius 2 is 1.65 bits per heavy atom. The van der Waals surface area contributed by atoms with E-state index >= 15 is 0 Å². The van der Waals surface area contributed by atoms with Gasteiger partial charge in [-0.25, -0.2) is 0 Å². The van der Waals surface area contributed by atoms with Gasteiger partial charge in [0, 0.05) is 44.4 Å². The molecule has 1 fully saturated rings. The van der Waals surface area contributed by atoms with Gasteiger partial charge in [-0.05, 0) is 36.8 Å². The number of nitrogens with one attached hydrogen (secondary N) is 1. The van der Waals surface area contributed by atoms with Gasteiger partial charge in [0.05, 0.1) is 7.11 Å². The molecule has 2 aromatic rings. The Morgan fingerprint density at radius 3 is 2.39 bits per heavy atom. The fourth-order valence-electron chi connectivity index (χ4n) is 3.45. The summed E-state index contributed by atoms with van der Waals surface area (Å²) in [4.78, 5) is 40.3. The molecular formula is C23H27N3O5. The highest BCUT2D eigenvalue weighted by atomic mass is 16.5. The second-order valence-electron chi connectivity index (χ2n) is 7.23. The van der Waals surface area contributed by atoms with Gasteiger partial charge < -0.3 is 24.6 Å². The molecule has 1 N–H and O–H groups in total. The van der Waals surface area contributed by atoms with Gasteiger partial charge >= 0.3 is 0 Å². The van der Waals surface area contributed by atoms with Crippen LogP contribution in [0.2, 0.25) is 0 Å². The minimum atomic E-state index is -0.191. The fraction of sp³-hybridized carbons (Fsp3) is 0.348. The van der Waals surface area contributed by atoms with Crippen LogP contribution in [-0.4, -0.2) is 67.4 Å². The van der Waals surface area contributed by atoms with Crippen LogP contribution >= 0.6 is 0 Å². The average Bonchev–Trinajstić information content (AvgIpc) is 3.03. The Morgan fingerprint density at radius 1 is 0.935 bits per heavy atom. The predicted molar refractivity (Wildman–Crippen MR) is 116 cm³/mol. The molecule has 1 saturated heterocycles. The Labute approximate surface area is 181 Å². The maximum Gasteiger partial charge on any atom is 0.260 e. The summed E-state index contributed by atoms with van der Waals surface area (Å²) in [5, 5.41) is 2.69. The first-order valence-corrected chi connectivity index (χ1v) is 10.2. The lowest BCUT2D eigenvalue weighted by molar-refractivity contribution is -0.133. The summed E-state index contributed by atoms with van der Waals surface area (Å²) >= 11 is 0. The topological polar surface area (TPSA) is 88.2 Å². The summed E-state index contributed by atoms with van der Waals surface area (Å²) in [7, 11) is 1.55. The molecule has 1 aliphatic heterocycles. The van der Waals surface area contributed by atoms with Crippen molar-refractivity contribution in [2.45, 2.75) is 13.3 Å². The van der Waals surface area contributed by atoms with E-state index in [9.17, 15) is 14.4 Å². The number of hydrogen-bond donors (Lipinski definition) is 1. The maximum atomic E-state index is 12.9. The van der Waals surface area contributed by atoms with Crippen LogP contribution in [0, 0.1) is 0 Å². The average molecular weight is 425 g/mol. The number of ether oxygens (including phenoxy) is 2. The van der Waals surface area contributed by atoms with Crippen molar-refractivity contribution < 1.29 is 23.9 Å². The molecule has 8 heteroatoms. The highest BCUT2D eigenvalue weighted by Gasteiger charge is 2.23. The van der Waals surface area contributed by atoms with Crippen molar-refractivity contribution in [3.8, 4) is 11.5 Å². The van der Waals surface area contributed by atoms with Crippen molar-refractivity contribution in [3.05, 3.63) is 54.1 Å². The number of methoxy groups -OCH3 is 1. The van der Waals surface area contributed by atoms with E-state index in [2.05, 4.69) is 5.32 Å². The number of nitrogens with zero attached hydrogens (tertiary/aromatic N) is 2. The molecule has 3 amide bonds. The van der Waals surface area contributed by atoms with Crippen LogP contribution in [0.25, 0.3) is 0 Å². The van der Waals surface area contributed by atoms with Gasteiger partial charge in [-0.1, -0.05) is 18.2 Å². The van der Waals surface area contributed by atoms with E-state index in [1.807, 2.05) is 12.1 Å². The SMILES string of the molecule is COc1ccccc1OCC(=O)N1CCCN(C(=O)c2cccc(NC(C)=O)c2)CC1. The first-order valence-electron chi connectivity index (χ1n) is 10.2. The molecule has 0 aliphatic carbocycles. The molecule has 2 aromatic carbocycles. The van der Waals surface area contributed by atoms with Gasteiger partial charge in [-0.3, -0.25) is 14.4 Å². The molecule has 1 heterocycles. The van der Waals surface area contributed by atoms with E-state index in [0.29, 0.717) is 55.3 Å². The molecule has 0 unspecified atom stereocenters. The maximum absolute atomic E-state index is 12.9. The molecule has 0 radical (unpaired) electrons. The number of benzene rings is 2. The van der Waals surface area contributed by atoms with Crippen LogP contribution in [0.4, 0.5) is 5.69 Å². The quantitative estimate of drug-likeness (QED) is 0.768. The molecular weight excluding hydrogens is 398 g/mol. The van der Waals surface area contributed by atoms with Crippen molar-refractivity contribution in [2.24, 2.45) is 0 Å². The fourth-order valence-corrected chi connectivity index (χ4v) is 3.45. The number of carbonyl (C=O) groups excluding carboxylic acids is 3. The Balaban J connectivity index is 1.56. The molecule has 8 nitrogen and oxygen atoms in total. The number of hydrogen-bond acceptors (Lipinski definition) is 5. The third kappa shape index (κ3) is 5.97. The molecule has 1 aliphatic rings. The molecule has 0 bridgehead atoms. The molecule has 164 valence electrons. The van der Waals surface area contributed by atoms with Gasteiger partial charge in [0.1, 0.15) is 0 Å². The van der Waals surface area contributed by atoms with Gasteiger partial charge in [-0.2, -0.15) is 0 Å². The lowest BCUT2D eigenvalue weighted by atomic mass is 10.1. The van der Waals surface area contributed by atoms with E-state index in [1.54, 1.807) is 53.3 Å². The summed E-state index contributed by atoms with van der Waals surface area (Å²) in [6.45, 7) is 3.32. The Hall–Kier alpha value is -3.55. The molecule has 31 heavy (non-hydrogen) atoms. The van der Waals surface area contributed by atoms with Gasteiger partial charge in [0.15, 0.2) is 18.1 Å². The molecule has 3 rings (SSSR count). The van der Waals surface area contributed by atoms with Crippen LogP contribution in [0.5, 0.6) is 11.5 Å². The van der Waals surface area contributed by atoms with Gasteiger partial charge in [0.2, 0.25) is 5.91 Å². The number of anilines is 1. The van der Waals surface area contributed by atoms with Crippen LogP contribution in [0.15, 0.2) is 48.5 Å². The van der Waals surface area contributed by atoms with Crippen LogP contribution in [-0.2, 0) is 9.59 Å². The summed E-state index contributed by atoms with van der Waals surface area (Å²) in [6.07, 6.45) is 0.678. The molecule has 0 spiro atoms. The van der Waals surface area contributed by atoms with E-state index in [4.69, 9.17) is 9.47 Å². The molecule has 0 saturated carbocycles. The zero-order chi connectivity index (χ0) is 22.2. The number of rotatable bonds is 6. The first kappa shape index (κ1) is 22.1. The van der Waals surface area contributed by atoms with Gasteiger partial charge in [-0.15, -0.1) is 0 Å². The minimum Gasteiger partial charge on any atom is -0.493 e. The summed E-state index contributed by atoms with van der Waals surface area (Å²) in [5.74, 6) is 0.650. The smallest absolute Gasteiger partial charge is 0.260 e. The highest BCUT2D eigenvalue weighted by molar-refractivity contribution is 5.96. The second kappa shape index (κ2) is 10.5. The van der Waals surface area contributed by atoms with Crippen LogP contribution in [0.3, 0.4) is 0 Å². The van der Waals surface area contributed by atoms with E-state index < -0.39 is 0 Å². The monoisotopic (exact) mass is 425 g/mol. The lowest BCUT2D eigenvalue weighted by Crippen LogP contribution is -2.39. The Kier molecular flexibility index (Phi) is 7.48. The third-order valence-corrected chi connectivity index (χ3v) is 4.99. The largest absolute Gasteiger partial charge is 0.493 e.